The molecule has 1 saturated carbocycles. The molecule has 0 spiro atoms. The van der Waals surface area contributed by atoms with Crippen LogP contribution in [0.5, 0.6) is 0 Å². The molecule has 2 fully saturated rings. The molecule has 7 heteroatoms. The Morgan fingerprint density at radius 2 is 1.95 bits per heavy atom. The summed E-state index contributed by atoms with van der Waals surface area (Å²) in [6.07, 6.45) is 6.17. The number of anilines is 1. The van der Waals surface area contributed by atoms with Crippen molar-refractivity contribution in [3.63, 3.8) is 0 Å². The van der Waals surface area contributed by atoms with Gasteiger partial charge in [0.05, 0.1) is 0 Å². The van der Waals surface area contributed by atoms with E-state index in [0.717, 1.165) is 21.1 Å². The summed E-state index contributed by atoms with van der Waals surface area (Å²) in [5, 5.41) is 0. The zero-order chi connectivity index (χ0) is 15.3. The molecule has 118 valence electrons. The first-order chi connectivity index (χ1) is 10.6. The molecular weight excluding hydrogens is 391 g/mol. The number of likely N-dealkylation sites (N-methyl/N-ethyl adjacent to an activating group) is 1. The molecule has 4 rings (SSSR count). The summed E-state index contributed by atoms with van der Waals surface area (Å²) >= 11 is 2.26. The second kappa shape index (κ2) is 5.61. The van der Waals surface area contributed by atoms with Crippen molar-refractivity contribution in [3.8, 4) is 0 Å². The zero-order valence-electron chi connectivity index (χ0n) is 12.7. The van der Waals surface area contributed by atoms with E-state index < -0.39 is 0 Å². The number of nitrogens with zero attached hydrogens (tertiary/aromatic N) is 5. The summed E-state index contributed by atoms with van der Waals surface area (Å²) in [7, 11) is 2.21. The van der Waals surface area contributed by atoms with E-state index in [1.54, 1.807) is 6.20 Å². The molecule has 0 bridgehead atoms. The van der Waals surface area contributed by atoms with Gasteiger partial charge in [-0.05, 0) is 42.5 Å². The second-order valence-electron chi connectivity index (χ2n) is 6.45. The summed E-state index contributed by atoms with van der Waals surface area (Å²) in [5.41, 5.74) is 6.96. The number of rotatable bonds is 2. The fourth-order valence-electron chi connectivity index (χ4n) is 3.61. The maximum Gasteiger partial charge on any atom is 0.150 e. The van der Waals surface area contributed by atoms with E-state index in [1.165, 1.54) is 39.0 Å². The van der Waals surface area contributed by atoms with Crippen LogP contribution in [0.25, 0.3) is 5.52 Å². The first-order valence-corrected chi connectivity index (χ1v) is 8.92. The standard InChI is InChI=1S/C15H21IN6/c1-20-4-6-21(7-5-20)11-8-10(9-11)15-19-13(16)12-14(17)18-2-3-22(12)15/h2-3,10-11H,4-9H2,1H3,(H2,17,18)/t10-,11+. The number of imidazole rings is 1. The Kier molecular flexibility index (Phi) is 3.74. The van der Waals surface area contributed by atoms with Gasteiger partial charge in [-0.15, -0.1) is 0 Å². The Morgan fingerprint density at radius 3 is 2.68 bits per heavy atom. The maximum atomic E-state index is 6.00. The predicted octanol–water partition coefficient (Wildman–Crippen LogP) is 1.41. The Bertz CT molecular complexity index is 685. The Labute approximate surface area is 143 Å². The van der Waals surface area contributed by atoms with Crippen LogP contribution in [0.4, 0.5) is 5.82 Å². The van der Waals surface area contributed by atoms with Crippen LogP contribution in [0.15, 0.2) is 12.4 Å². The van der Waals surface area contributed by atoms with Crippen molar-refractivity contribution in [3.05, 3.63) is 21.9 Å². The Balaban J connectivity index is 1.50. The van der Waals surface area contributed by atoms with E-state index >= 15 is 0 Å². The number of piperazine rings is 1. The van der Waals surface area contributed by atoms with Crippen molar-refractivity contribution in [2.45, 2.75) is 24.8 Å². The summed E-state index contributed by atoms with van der Waals surface area (Å²) < 4.78 is 3.09. The molecule has 2 aromatic heterocycles. The van der Waals surface area contributed by atoms with Crippen LogP contribution < -0.4 is 5.73 Å². The maximum absolute atomic E-state index is 6.00. The summed E-state index contributed by atoms with van der Waals surface area (Å²) in [5.74, 6) is 2.27. The summed E-state index contributed by atoms with van der Waals surface area (Å²) in [6, 6.07) is 0.725. The van der Waals surface area contributed by atoms with Gasteiger partial charge in [0.2, 0.25) is 0 Å². The molecule has 2 aliphatic rings. The van der Waals surface area contributed by atoms with Gasteiger partial charge in [0, 0.05) is 50.5 Å². The lowest BCUT2D eigenvalue weighted by molar-refractivity contribution is 0.0586. The molecule has 6 nitrogen and oxygen atoms in total. The SMILES string of the molecule is CN1CCN([C@H]2C[C@@H](c3nc(I)c4c(N)nccn43)C2)CC1. The third-order valence-corrected chi connectivity index (χ3v) is 5.85. The van der Waals surface area contributed by atoms with Gasteiger partial charge in [0.25, 0.3) is 0 Å². The molecule has 22 heavy (non-hydrogen) atoms. The minimum absolute atomic E-state index is 0.544. The highest BCUT2D eigenvalue weighted by Crippen LogP contribution is 2.40. The van der Waals surface area contributed by atoms with Crippen molar-refractivity contribution in [2.75, 3.05) is 39.0 Å². The van der Waals surface area contributed by atoms with Gasteiger partial charge < -0.3 is 10.6 Å². The normalized spacial score (nSPS) is 27.2. The summed E-state index contributed by atoms with van der Waals surface area (Å²) in [6.45, 7) is 4.77. The fraction of sp³-hybridized carbons (Fsp3) is 0.600. The molecule has 0 aromatic carbocycles. The van der Waals surface area contributed by atoms with E-state index in [0.29, 0.717) is 11.7 Å². The quantitative estimate of drug-likeness (QED) is 0.756. The average molecular weight is 412 g/mol. The summed E-state index contributed by atoms with van der Waals surface area (Å²) in [4.78, 5) is 14.0. The van der Waals surface area contributed by atoms with Crippen LogP contribution in [0.1, 0.15) is 24.6 Å². The van der Waals surface area contributed by atoms with Crippen molar-refractivity contribution in [2.24, 2.45) is 0 Å². The molecule has 2 N–H and O–H groups in total. The van der Waals surface area contributed by atoms with Crippen LogP contribution in [0.3, 0.4) is 0 Å². The van der Waals surface area contributed by atoms with Gasteiger partial charge in [-0.1, -0.05) is 0 Å². The first kappa shape index (κ1) is 14.6. The monoisotopic (exact) mass is 412 g/mol. The lowest BCUT2D eigenvalue weighted by atomic mass is 9.78. The smallest absolute Gasteiger partial charge is 0.150 e. The van der Waals surface area contributed by atoms with Crippen molar-refractivity contribution < 1.29 is 0 Å². The average Bonchev–Trinajstić information content (AvgIpc) is 2.78. The van der Waals surface area contributed by atoms with Crippen LogP contribution in [0.2, 0.25) is 0 Å². The predicted molar refractivity (Wildman–Crippen MR) is 94.9 cm³/mol. The molecule has 3 heterocycles. The Hall–Kier alpha value is -0.930. The number of aromatic nitrogens is 3. The molecule has 0 radical (unpaired) electrons. The van der Waals surface area contributed by atoms with Crippen LogP contribution in [-0.2, 0) is 0 Å². The highest BCUT2D eigenvalue weighted by molar-refractivity contribution is 14.1. The lowest BCUT2D eigenvalue weighted by Gasteiger charge is -2.45. The van der Waals surface area contributed by atoms with Gasteiger partial charge >= 0.3 is 0 Å². The number of halogens is 1. The lowest BCUT2D eigenvalue weighted by Crippen LogP contribution is -2.52. The number of nitrogens with two attached hydrogens (primary N) is 1. The van der Waals surface area contributed by atoms with E-state index in [9.17, 15) is 0 Å². The van der Waals surface area contributed by atoms with E-state index in [2.05, 4.69) is 48.8 Å². The largest absolute Gasteiger partial charge is 0.382 e. The molecule has 1 aliphatic heterocycles. The fourth-order valence-corrected chi connectivity index (χ4v) is 4.40. The zero-order valence-corrected chi connectivity index (χ0v) is 14.9. The Morgan fingerprint density at radius 1 is 1.23 bits per heavy atom. The third-order valence-electron chi connectivity index (χ3n) is 5.10. The minimum atomic E-state index is 0.544. The van der Waals surface area contributed by atoms with Crippen LogP contribution >= 0.6 is 22.6 Å². The van der Waals surface area contributed by atoms with E-state index in [4.69, 9.17) is 10.7 Å². The van der Waals surface area contributed by atoms with Gasteiger partial charge in [-0.25, -0.2) is 9.97 Å². The van der Waals surface area contributed by atoms with Crippen molar-refractivity contribution in [1.82, 2.24) is 24.2 Å². The topological polar surface area (TPSA) is 62.7 Å². The molecule has 1 saturated heterocycles. The minimum Gasteiger partial charge on any atom is -0.382 e. The number of hydrogen-bond donors (Lipinski definition) is 1. The highest BCUT2D eigenvalue weighted by Gasteiger charge is 2.37. The van der Waals surface area contributed by atoms with Gasteiger partial charge in [0.1, 0.15) is 15.0 Å². The van der Waals surface area contributed by atoms with Gasteiger partial charge in [0.15, 0.2) is 5.82 Å². The van der Waals surface area contributed by atoms with Crippen molar-refractivity contribution in [1.29, 1.82) is 0 Å². The number of hydrogen-bond acceptors (Lipinski definition) is 5. The highest BCUT2D eigenvalue weighted by atomic mass is 127. The molecule has 2 aromatic rings. The first-order valence-electron chi connectivity index (χ1n) is 7.84. The number of fused-ring (bicyclic) bond motifs is 1. The molecule has 0 amide bonds. The number of nitrogen functional groups attached to an aromatic ring is 1. The molecular formula is C15H21IN6. The van der Waals surface area contributed by atoms with E-state index in [-0.39, 0.29) is 0 Å². The molecule has 0 unspecified atom stereocenters. The van der Waals surface area contributed by atoms with E-state index in [1.807, 2.05) is 6.20 Å². The third kappa shape index (κ3) is 2.39. The van der Waals surface area contributed by atoms with Gasteiger partial charge in [-0.3, -0.25) is 9.30 Å². The molecule has 1 aliphatic carbocycles. The molecule has 0 atom stereocenters. The second-order valence-corrected chi connectivity index (χ2v) is 7.48. The van der Waals surface area contributed by atoms with Gasteiger partial charge in [-0.2, -0.15) is 0 Å². The van der Waals surface area contributed by atoms with Crippen molar-refractivity contribution >= 4 is 33.9 Å². The van der Waals surface area contributed by atoms with Crippen LogP contribution in [0, 0.1) is 3.70 Å². The van der Waals surface area contributed by atoms with Crippen LogP contribution in [-0.4, -0.2) is 63.4 Å².